The molecule has 1 aromatic rings. The zero-order valence-electron chi connectivity index (χ0n) is 14.1. The van der Waals surface area contributed by atoms with E-state index in [9.17, 15) is 0 Å². The molecule has 1 N–H and O–H groups in total. The summed E-state index contributed by atoms with van der Waals surface area (Å²) in [6, 6.07) is 8.70. The molecule has 4 nitrogen and oxygen atoms in total. The molecule has 0 amide bonds. The van der Waals surface area contributed by atoms with Crippen molar-refractivity contribution in [1.29, 1.82) is 0 Å². The fourth-order valence-electron chi connectivity index (χ4n) is 2.30. The third-order valence-electron chi connectivity index (χ3n) is 3.39. The molecule has 0 fully saturated rings. The monoisotopic (exact) mass is 294 g/mol. The van der Waals surface area contributed by atoms with Crippen LogP contribution in [0.25, 0.3) is 0 Å². The molecular formula is C17H30N2O2. The Hall–Kier alpha value is -1.10. The summed E-state index contributed by atoms with van der Waals surface area (Å²) in [5.74, 6) is 0.928. The summed E-state index contributed by atoms with van der Waals surface area (Å²) in [7, 11) is 5.90. The first-order valence-corrected chi connectivity index (χ1v) is 7.68. The Morgan fingerprint density at radius 3 is 2.38 bits per heavy atom. The topological polar surface area (TPSA) is 33.7 Å². The van der Waals surface area contributed by atoms with Crippen molar-refractivity contribution in [2.45, 2.75) is 32.4 Å². The molecule has 0 spiro atoms. The van der Waals surface area contributed by atoms with Crippen molar-refractivity contribution in [2.24, 2.45) is 0 Å². The molecule has 0 aromatic heterocycles. The molecule has 0 radical (unpaired) electrons. The first kappa shape index (κ1) is 18.0. The van der Waals surface area contributed by atoms with Crippen LogP contribution < -0.4 is 10.1 Å². The highest BCUT2D eigenvalue weighted by atomic mass is 16.5. The molecule has 0 saturated heterocycles. The van der Waals surface area contributed by atoms with Crippen LogP contribution >= 0.6 is 0 Å². The molecule has 0 aliphatic heterocycles. The average Bonchev–Trinajstić information content (AvgIpc) is 2.45. The molecule has 120 valence electrons. The summed E-state index contributed by atoms with van der Waals surface area (Å²) in [4.78, 5) is 2.33. The number of hydrogen-bond donors (Lipinski definition) is 1. The van der Waals surface area contributed by atoms with Gasteiger partial charge in [-0.3, -0.25) is 0 Å². The van der Waals surface area contributed by atoms with Crippen molar-refractivity contribution in [3.8, 4) is 5.75 Å². The second-order valence-electron chi connectivity index (χ2n) is 5.69. The summed E-state index contributed by atoms with van der Waals surface area (Å²) >= 11 is 0. The quantitative estimate of drug-likeness (QED) is 0.673. The highest BCUT2D eigenvalue weighted by Gasteiger charge is 2.12. The van der Waals surface area contributed by atoms with Crippen LogP contribution in [0.4, 0.5) is 0 Å². The summed E-state index contributed by atoms with van der Waals surface area (Å²) < 4.78 is 10.8. The summed E-state index contributed by atoms with van der Waals surface area (Å²) in [5, 5.41) is 3.39. The van der Waals surface area contributed by atoms with Crippen LogP contribution in [0.1, 0.15) is 31.9 Å². The van der Waals surface area contributed by atoms with Gasteiger partial charge >= 0.3 is 0 Å². The van der Waals surface area contributed by atoms with E-state index in [1.807, 2.05) is 33.0 Å². The lowest BCUT2D eigenvalue weighted by atomic mass is 10.1. The maximum atomic E-state index is 5.68. The van der Waals surface area contributed by atoms with E-state index in [0.717, 1.165) is 31.9 Å². The Labute approximate surface area is 129 Å². The van der Waals surface area contributed by atoms with E-state index in [4.69, 9.17) is 9.47 Å². The maximum Gasteiger partial charge on any atom is 0.119 e. The first-order valence-electron chi connectivity index (χ1n) is 7.68. The molecule has 1 atom stereocenters. The van der Waals surface area contributed by atoms with Gasteiger partial charge in [-0.15, -0.1) is 0 Å². The number of benzene rings is 1. The van der Waals surface area contributed by atoms with Gasteiger partial charge in [-0.05, 0) is 52.1 Å². The van der Waals surface area contributed by atoms with E-state index in [-0.39, 0.29) is 6.10 Å². The highest BCUT2D eigenvalue weighted by Crippen LogP contribution is 2.19. The number of hydrogen-bond acceptors (Lipinski definition) is 4. The number of rotatable bonds is 10. The Morgan fingerprint density at radius 1 is 1.19 bits per heavy atom. The second-order valence-corrected chi connectivity index (χ2v) is 5.69. The van der Waals surface area contributed by atoms with Crippen molar-refractivity contribution in [3.05, 3.63) is 29.8 Å². The molecule has 1 aromatic carbocycles. The van der Waals surface area contributed by atoms with E-state index < -0.39 is 0 Å². The van der Waals surface area contributed by atoms with E-state index in [1.54, 1.807) is 7.11 Å². The fraction of sp³-hybridized carbons (Fsp3) is 0.647. The summed E-state index contributed by atoms with van der Waals surface area (Å²) in [6.07, 6.45) is 1.27. The van der Waals surface area contributed by atoms with Gasteiger partial charge in [0.05, 0.1) is 6.10 Å². The number of nitrogens with zero attached hydrogens (tertiary/aromatic N) is 1. The molecular weight excluding hydrogens is 264 g/mol. The average molecular weight is 294 g/mol. The molecule has 0 aliphatic carbocycles. The zero-order valence-corrected chi connectivity index (χ0v) is 14.1. The van der Waals surface area contributed by atoms with E-state index in [2.05, 4.69) is 29.4 Å². The zero-order chi connectivity index (χ0) is 15.7. The minimum absolute atomic E-state index is 0.211. The van der Waals surface area contributed by atoms with Crippen LogP contribution in [-0.2, 0) is 4.74 Å². The Balaban J connectivity index is 2.54. The lowest BCUT2D eigenvalue weighted by Gasteiger charge is -2.24. The third kappa shape index (κ3) is 6.93. The van der Waals surface area contributed by atoms with Crippen molar-refractivity contribution < 1.29 is 9.47 Å². The van der Waals surface area contributed by atoms with E-state index >= 15 is 0 Å². The summed E-state index contributed by atoms with van der Waals surface area (Å²) in [6.45, 7) is 6.92. The Morgan fingerprint density at radius 2 is 1.86 bits per heavy atom. The maximum absolute atomic E-state index is 5.68. The second kappa shape index (κ2) is 9.77. The smallest absolute Gasteiger partial charge is 0.119 e. The molecule has 0 heterocycles. The minimum Gasteiger partial charge on any atom is -0.491 e. The van der Waals surface area contributed by atoms with Gasteiger partial charge in [0.2, 0.25) is 0 Å². The van der Waals surface area contributed by atoms with Crippen LogP contribution in [0.5, 0.6) is 5.75 Å². The Kier molecular flexibility index (Phi) is 8.35. The lowest BCUT2D eigenvalue weighted by Crippen LogP contribution is -2.32. The molecule has 21 heavy (non-hydrogen) atoms. The molecule has 1 unspecified atom stereocenters. The molecule has 1 rings (SSSR count). The van der Waals surface area contributed by atoms with Crippen molar-refractivity contribution in [3.63, 3.8) is 0 Å². The van der Waals surface area contributed by atoms with Gasteiger partial charge in [0, 0.05) is 32.8 Å². The molecule has 0 saturated carbocycles. The van der Waals surface area contributed by atoms with Crippen LogP contribution in [0, 0.1) is 0 Å². The van der Waals surface area contributed by atoms with Crippen molar-refractivity contribution >= 4 is 0 Å². The molecule has 0 bridgehead atoms. The highest BCUT2D eigenvalue weighted by molar-refractivity contribution is 5.29. The third-order valence-corrected chi connectivity index (χ3v) is 3.39. The van der Waals surface area contributed by atoms with Gasteiger partial charge in [-0.25, -0.2) is 0 Å². The van der Waals surface area contributed by atoms with Gasteiger partial charge in [0.25, 0.3) is 0 Å². The predicted octanol–water partition coefficient (Wildman–Crippen LogP) is 2.70. The molecule has 0 aliphatic rings. The first-order chi connectivity index (χ1) is 10.1. The predicted molar refractivity (Wildman–Crippen MR) is 88.0 cm³/mol. The standard InChI is InChI=1S/C17H30N2O2/c1-14(2)21-16-9-7-15(8-10-16)17(18-3)13-19(4)11-6-12-20-5/h7-10,14,17-18H,6,11-13H2,1-5H3. The minimum atomic E-state index is 0.211. The summed E-state index contributed by atoms with van der Waals surface area (Å²) in [5.41, 5.74) is 1.28. The number of ether oxygens (including phenoxy) is 2. The number of methoxy groups -OCH3 is 1. The van der Waals surface area contributed by atoms with Crippen LogP contribution in [-0.4, -0.2) is 51.9 Å². The van der Waals surface area contributed by atoms with Crippen molar-refractivity contribution in [2.75, 3.05) is 40.9 Å². The van der Waals surface area contributed by atoms with Crippen molar-refractivity contribution in [1.82, 2.24) is 10.2 Å². The van der Waals surface area contributed by atoms with Gasteiger partial charge < -0.3 is 19.7 Å². The van der Waals surface area contributed by atoms with Gasteiger partial charge in [0.1, 0.15) is 5.75 Å². The van der Waals surface area contributed by atoms with Gasteiger partial charge in [0.15, 0.2) is 0 Å². The van der Waals surface area contributed by atoms with Crippen LogP contribution in [0.3, 0.4) is 0 Å². The number of likely N-dealkylation sites (N-methyl/N-ethyl adjacent to an activating group) is 2. The SMILES string of the molecule is CNC(CN(C)CCCOC)c1ccc(OC(C)C)cc1. The van der Waals surface area contributed by atoms with Gasteiger partial charge in [-0.2, -0.15) is 0 Å². The Bertz CT molecular complexity index is 379. The largest absolute Gasteiger partial charge is 0.491 e. The normalized spacial score (nSPS) is 12.9. The van der Waals surface area contributed by atoms with E-state index in [1.165, 1.54) is 5.56 Å². The van der Waals surface area contributed by atoms with Gasteiger partial charge in [-0.1, -0.05) is 12.1 Å². The lowest BCUT2D eigenvalue weighted by molar-refractivity contribution is 0.176. The number of nitrogens with one attached hydrogen (secondary N) is 1. The molecule has 4 heteroatoms. The fourth-order valence-corrected chi connectivity index (χ4v) is 2.30. The van der Waals surface area contributed by atoms with Crippen LogP contribution in [0.15, 0.2) is 24.3 Å². The van der Waals surface area contributed by atoms with E-state index in [0.29, 0.717) is 6.04 Å². The van der Waals surface area contributed by atoms with Crippen LogP contribution in [0.2, 0.25) is 0 Å².